The highest BCUT2D eigenvalue weighted by Crippen LogP contribution is 1.88. The van der Waals surface area contributed by atoms with Crippen LogP contribution in [0.25, 0.3) is 0 Å². The van der Waals surface area contributed by atoms with E-state index in [0.29, 0.717) is 6.54 Å². The van der Waals surface area contributed by atoms with Gasteiger partial charge in [0.1, 0.15) is 0 Å². The van der Waals surface area contributed by atoms with Crippen molar-refractivity contribution in [3.05, 3.63) is 0 Å². The smallest absolute Gasteiger partial charge is 0.236 e. The number of carbonyl (C=O) groups excluding carboxylic acids is 1. The zero-order valence-corrected chi connectivity index (χ0v) is 9.13. The van der Waals surface area contributed by atoms with E-state index < -0.39 is 0 Å². The minimum Gasteiger partial charge on any atom is -0.348 e. The van der Waals surface area contributed by atoms with Gasteiger partial charge in [0, 0.05) is 14.1 Å². The molecule has 0 spiro atoms. The van der Waals surface area contributed by atoms with E-state index in [2.05, 4.69) is 5.32 Å². The molecule has 4 heteroatoms. The summed E-state index contributed by atoms with van der Waals surface area (Å²) >= 11 is 0. The Kier molecular flexibility index (Phi) is 6.54. The molecule has 0 aliphatic carbocycles. The van der Waals surface area contributed by atoms with Crippen molar-refractivity contribution >= 4 is 5.91 Å². The zero-order chi connectivity index (χ0) is 10.3. The Bertz CT molecular complexity index is 148. The van der Waals surface area contributed by atoms with Crippen LogP contribution in [-0.2, 0) is 4.79 Å². The molecule has 1 N–H and O–H groups in total. The van der Waals surface area contributed by atoms with Crippen LogP contribution in [0.5, 0.6) is 0 Å². The average Bonchev–Trinajstić information content (AvgIpc) is 2.04. The second kappa shape index (κ2) is 6.86. The molecule has 0 heterocycles. The van der Waals surface area contributed by atoms with Crippen LogP contribution in [0.4, 0.5) is 0 Å². The van der Waals surface area contributed by atoms with E-state index in [0.717, 1.165) is 19.5 Å². The van der Waals surface area contributed by atoms with E-state index in [1.807, 2.05) is 19.0 Å². The van der Waals surface area contributed by atoms with Gasteiger partial charge < -0.3 is 10.2 Å². The van der Waals surface area contributed by atoms with Gasteiger partial charge in [-0.2, -0.15) is 0 Å². The molecule has 0 aromatic heterocycles. The number of nitrogens with zero attached hydrogens (tertiary/aromatic N) is 2. The highest BCUT2D eigenvalue weighted by molar-refractivity contribution is 5.77. The summed E-state index contributed by atoms with van der Waals surface area (Å²) < 4.78 is 0. The van der Waals surface area contributed by atoms with Crippen LogP contribution in [0.3, 0.4) is 0 Å². The second-order valence-electron chi connectivity index (χ2n) is 3.48. The molecule has 1 amide bonds. The van der Waals surface area contributed by atoms with Gasteiger partial charge in [0.25, 0.3) is 0 Å². The van der Waals surface area contributed by atoms with Gasteiger partial charge in [-0.05, 0) is 33.6 Å². The van der Waals surface area contributed by atoms with Gasteiger partial charge in [-0.15, -0.1) is 0 Å². The maximum atomic E-state index is 11.3. The first-order valence-electron chi connectivity index (χ1n) is 4.61. The number of likely N-dealkylation sites (N-methyl/N-ethyl adjacent to an activating group) is 2. The molecule has 0 rings (SSSR count). The predicted molar refractivity (Wildman–Crippen MR) is 54.7 cm³/mol. The van der Waals surface area contributed by atoms with Crippen LogP contribution in [0.15, 0.2) is 0 Å². The van der Waals surface area contributed by atoms with Crippen molar-refractivity contribution in [1.82, 2.24) is 15.1 Å². The molecule has 4 nitrogen and oxygen atoms in total. The Balaban J connectivity index is 3.50. The van der Waals surface area contributed by atoms with Crippen LogP contribution >= 0.6 is 0 Å². The topological polar surface area (TPSA) is 35.6 Å². The summed E-state index contributed by atoms with van der Waals surface area (Å²) in [6, 6.07) is 0. The van der Waals surface area contributed by atoms with Crippen molar-refractivity contribution in [2.24, 2.45) is 0 Å². The lowest BCUT2D eigenvalue weighted by atomic mass is 10.4. The molecule has 78 valence electrons. The first-order chi connectivity index (χ1) is 6.07. The van der Waals surface area contributed by atoms with E-state index in [1.165, 1.54) is 0 Å². The molecular formula is C9H21N3O. The molecule has 0 aromatic rings. The summed E-state index contributed by atoms with van der Waals surface area (Å²) in [5.74, 6) is 0.159. The van der Waals surface area contributed by atoms with Crippen molar-refractivity contribution in [2.45, 2.75) is 6.42 Å². The number of nitrogens with one attached hydrogen (secondary N) is 1. The number of hydrogen-bond acceptors (Lipinski definition) is 3. The molecule has 0 aromatic carbocycles. The monoisotopic (exact) mass is 187 g/mol. The maximum absolute atomic E-state index is 11.3. The molecule has 0 atom stereocenters. The molecule has 13 heavy (non-hydrogen) atoms. The Morgan fingerprint density at radius 3 is 2.38 bits per heavy atom. The van der Waals surface area contributed by atoms with Crippen LogP contribution in [-0.4, -0.2) is 63.5 Å². The normalized spacial score (nSPS) is 10.5. The number of rotatable bonds is 6. The average molecular weight is 187 g/mol. The van der Waals surface area contributed by atoms with Crippen LogP contribution in [0, 0.1) is 0 Å². The van der Waals surface area contributed by atoms with E-state index in [4.69, 9.17) is 0 Å². The molecule has 0 unspecified atom stereocenters. The van der Waals surface area contributed by atoms with Crippen molar-refractivity contribution in [2.75, 3.05) is 47.8 Å². The molecule has 0 aliphatic rings. The molecule has 0 saturated carbocycles. The first-order valence-corrected chi connectivity index (χ1v) is 4.61. The van der Waals surface area contributed by atoms with E-state index in [-0.39, 0.29) is 5.91 Å². The first kappa shape index (κ1) is 12.4. The number of carbonyl (C=O) groups is 1. The third-order valence-corrected chi connectivity index (χ3v) is 1.87. The maximum Gasteiger partial charge on any atom is 0.236 e. The van der Waals surface area contributed by atoms with E-state index in [9.17, 15) is 4.79 Å². The summed E-state index contributed by atoms with van der Waals surface area (Å²) in [5.41, 5.74) is 0. The third-order valence-electron chi connectivity index (χ3n) is 1.87. The van der Waals surface area contributed by atoms with Gasteiger partial charge in [0.2, 0.25) is 5.91 Å². The van der Waals surface area contributed by atoms with Crippen molar-refractivity contribution in [1.29, 1.82) is 0 Å². The highest BCUT2D eigenvalue weighted by Gasteiger charge is 2.06. The van der Waals surface area contributed by atoms with Crippen molar-refractivity contribution in [3.8, 4) is 0 Å². The largest absolute Gasteiger partial charge is 0.348 e. The number of hydrogen-bond donors (Lipinski definition) is 1. The predicted octanol–water partition coefficient (Wildman–Crippen LogP) is -0.384. The lowest BCUT2D eigenvalue weighted by molar-refractivity contribution is -0.129. The summed E-state index contributed by atoms with van der Waals surface area (Å²) in [4.78, 5) is 14.9. The zero-order valence-electron chi connectivity index (χ0n) is 9.13. The summed E-state index contributed by atoms with van der Waals surface area (Å²) in [7, 11) is 7.47. The highest BCUT2D eigenvalue weighted by atomic mass is 16.2. The fourth-order valence-corrected chi connectivity index (χ4v) is 0.977. The summed E-state index contributed by atoms with van der Waals surface area (Å²) in [6.07, 6.45) is 1.08. The van der Waals surface area contributed by atoms with E-state index >= 15 is 0 Å². The fourth-order valence-electron chi connectivity index (χ4n) is 0.977. The molecule has 0 aliphatic heterocycles. The number of amides is 1. The quantitative estimate of drug-likeness (QED) is 0.576. The lowest BCUT2D eigenvalue weighted by Crippen LogP contribution is -2.35. The molecule has 0 bridgehead atoms. The van der Waals surface area contributed by atoms with Gasteiger partial charge >= 0.3 is 0 Å². The van der Waals surface area contributed by atoms with Gasteiger partial charge in [0.15, 0.2) is 0 Å². The van der Waals surface area contributed by atoms with Crippen LogP contribution < -0.4 is 5.32 Å². The molecule has 0 radical (unpaired) electrons. The minimum absolute atomic E-state index is 0.159. The van der Waals surface area contributed by atoms with Gasteiger partial charge in [0.05, 0.1) is 6.54 Å². The van der Waals surface area contributed by atoms with Crippen LogP contribution in [0.2, 0.25) is 0 Å². The van der Waals surface area contributed by atoms with Gasteiger partial charge in [-0.1, -0.05) is 0 Å². The standard InChI is InChI=1S/C9H21N3O/c1-10-6-5-7-12(4)8-9(13)11(2)3/h10H,5-8H2,1-4H3. The van der Waals surface area contributed by atoms with Crippen LogP contribution in [0.1, 0.15) is 6.42 Å². The van der Waals surface area contributed by atoms with Gasteiger partial charge in [-0.3, -0.25) is 9.69 Å². The second-order valence-corrected chi connectivity index (χ2v) is 3.48. The molecule has 0 saturated heterocycles. The Morgan fingerprint density at radius 1 is 1.31 bits per heavy atom. The minimum atomic E-state index is 0.159. The molecule has 0 fully saturated rings. The summed E-state index contributed by atoms with van der Waals surface area (Å²) in [5, 5.41) is 3.08. The van der Waals surface area contributed by atoms with Gasteiger partial charge in [-0.25, -0.2) is 0 Å². The Hall–Kier alpha value is -0.610. The molecular weight excluding hydrogens is 166 g/mol. The van der Waals surface area contributed by atoms with E-state index in [1.54, 1.807) is 19.0 Å². The Labute approximate surface area is 80.9 Å². The lowest BCUT2D eigenvalue weighted by Gasteiger charge is -2.18. The Morgan fingerprint density at radius 2 is 1.92 bits per heavy atom. The van der Waals surface area contributed by atoms with Crippen molar-refractivity contribution in [3.63, 3.8) is 0 Å². The summed E-state index contributed by atoms with van der Waals surface area (Å²) in [6.45, 7) is 2.47. The third kappa shape index (κ3) is 6.54. The SMILES string of the molecule is CNCCCN(C)CC(=O)N(C)C. The van der Waals surface area contributed by atoms with Crippen molar-refractivity contribution < 1.29 is 4.79 Å². The fraction of sp³-hybridized carbons (Fsp3) is 0.889.